The number of rotatable bonds is 6. The first-order valence-electron chi connectivity index (χ1n) is 5.62. The summed E-state index contributed by atoms with van der Waals surface area (Å²) in [5.41, 5.74) is 6.17. The van der Waals surface area contributed by atoms with Gasteiger partial charge in [0.2, 0.25) is 10.0 Å². The van der Waals surface area contributed by atoms with Crippen molar-refractivity contribution in [2.45, 2.75) is 0 Å². The van der Waals surface area contributed by atoms with Gasteiger partial charge in [0.15, 0.2) is 0 Å². The molecule has 1 aromatic carbocycles. The number of nitrogens with two attached hydrogens (primary N) is 1. The van der Waals surface area contributed by atoms with E-state index in [-0.39, 0.29) is 5.84 Å². The van der Waals surface area contributed by atoms with E-state index in [1.54, 1.807) is 0 Å². The fraction of sp³-hybridized carbons (Fsp3) is 0.364. The minimum atomic E-state index is -3.71. The maximum absolute atomic E-state index is 12.0. The minimum Gasteiger partial charge on any atom is -0.384 e. The van der Waals surface area contributed by atoms with Crippen molar-refractivity contribution >= 4 is 31.4 Å². The second-order valence-corrected chi connectivity index (χ2v) is 8.75. The van der Waals surface area contributed by atoms with Crippen LogP contribution in [-0.2, 0) is 19.9 Å². The molecule has 0 aliphatic carbocycles. The average molecular weight is 319 g/mol. The summed E-state index contributed by atoms with van der Waals surface area (Å²) in [4.78, 5) is 0. The van der Waals surface area contributed by atoms with Crippen LogP contribution in [0.25, 0.3) is 0 Å². The number of hydrogen-bond acceptors (Lipinski definition) is 5. The predicted molar refractivity (Wildman–Crippen MR) is 79.4 cm³/mol. The lowest BCUT2D eigenvalue weighted by atomic mass is 10.2. The average Bonchev–Trinajstić information content (AvgIpc) is 2.35. The van der Waals surface area contributed by atoms with Crippen LogP contribution in [0.5, 0.6) is 0 Å². The summed E-state index contributed by atoms with van der Waals surface area (Å²) >= 11 is 0. The number of benzene rings is 1. The van der Waals surface area contributed by atoms with Crippen molar-refractivity contribution in [2.24, 2.45) is 5.73 Å². The van der Waals surface area contributed by atoms with Gasteiger partial charge in [0.25, 0.3) is 0 Å². The number of amidine groups is 1. The lowest BCUT2D eigenvalue weighted by Gasteiger charge is -2.19. The minimum absolute atomic E-state index is 0.112. The molecule has 1 rings (SSSR count). The van der Waals surface area contributed by atoms with Gasteiger partial charge in [-0.25, -0.2) is 16.8 Å². The van der Waals surface area contributed by atoms with Gasteiger partial charge in [-0.1, -0.05) is 0 Å². The second kappa shape index (κ2) is 5.80. The van der Waals surface area contributed by atoms with Gasteiger partial charge in [-0.05, 0) is 24.3 Å². The van der Waals surface area contributed by atoms with Crippen molar-refractivity contribution in [3.63, 3.8) is 0 Å². The molecule has 0 radical (unpaired) electrons. The third-order valence-corrected chi connectivity index (χ3v) is 5.64. The Bertz CT molecular complexity index is 694. The quantitative estimate of drug-likeness (QED) is 0.554. The zero-order chi connectivity index (χ0) is 15.6. The molecule has 0 saturated heterocycles. The monoisotopic (exact) mass is 319 g/mol. The van der Waals surface area contributed by atoms with Crippen molar-refractivity contribution in [3.05, 3.63) is 29.8 Å². The summed E-state index contributed by atoms with van der Waals surface area (Å²) in [6.07, 6.45) is 0.990. The van der Waals surface area contributed by atoms with E-state index in [4.69, 9.17) is 11.1 Å². The lowest BCUT2D eigenvalue weighted by molar-refractivity contribution is 0.589. The Morgan fingerprint density at radius 2 is 1.65 bits per heavy atom. The number of nitrogens with one attached hydrogen (secondary N) is 1. The summed E-state index contributed by atoms with van der Waals surface area (Å²) in [6.45, 7) is 0. The largest absolute Gasteiger partial charge is 0.384 e. The van der Waals surface area contributed by atoms with E-state index in [1.807, 2.05) is 0 Å². The standard InChI is InChI=1S/C11H17N3O4S2/c1-14(20(17,18)8-7-19(2,15)16)10-5-3-9(4-6-10)11(12)13/h3-6H,7-8H2,1-2H3,(H3,12,13). The van der Waals surface area contributed by atoms with Crippen molar-refractivity contribution in [1.82, 2.24) is 0 Å². The molecule has 0 spiro atoms. The van der Waals surface area contributed by atoms with Crippen LogP contribution in [0.2, 0.25) is 0 Å². The van der Waals surface area contributed by atoms with Crippen molar-refractivity contribution in [2.75, 3.05) is 29.1 Å². The summed E-state index contributed by atoms with van der Waals surface area (Å²) in [7, 11) is -5.70. The number of nitrogens with zero attached hydrogens (tertiary/aromatic N) is 1. The molecule has 0 unspecified atom stereocenters. The van der Waals surface area contributed by atoms with E-state index in [1.165, 1.54) is 31.3 Å². The predicted octanol–water partition coefficient (Wildman–Crippen LogP) is -0.219. The highest BCUT2D eigenvalue weighted by Crippen LogP contribution is 2.17. The Kier molecular flexibility index (Phi) is 4.77. The van der Waals surface area contributed by atoms with E-state index in [9.17, 15) is 16.8 Å². The van der Waals surface area contributed by atoms with E-state index < -0.39 is 31.4 Å². The van der Waals surface area contributed by atoms with Gasteiger partial charge in [0.05, 0.1) is 17.2 Å². The molecule has 0 amide bonds. The molecule has 1 aromatic rings. The van der Waals surface area contributed by atoms with Gasteiger partial charge in [0.1, 0.15) is 15.7 Å². The van der Waals surface area contributed by atoms with Gasteiger partial charge in [-0.2, -0.15) is 0 Å². The summed E-state index contributed by atoms with van der Waals surface area (Å²) < 4.78 is 47.1. The van der Waals surface area contributed by atoms with Crippen LogP contribution in [0, 0.1) is 5.41 Å². The van der Waals surface area contributed by atoms with E-state index >= 15 is 0 Å². The summed E-state index contributed by atoms with van der Waals surface area (Å²) in [6, 6.07) is 6.07. The van der Waals surface area contributed by atoms with E-state index in [0.717, 1.165) is 10.6 Å². The maximum Gasteiger partial charge on any atom is 0.235 e. The fourth-order valence-electron chi connectivity index (χ4n) is 1.41. The Labute approximate surface area is 118 Å². The first-order valence-corrected chi connectivity index (χ1v) is 9.29. The molecule has 0 aliphatic heterocycles. The van der Waals surface area contributed by atoms with Crippen molar-refractivity contribution in [1.29, 1.82) is 5.41 Å². The number of nitrogen functional groups attached to an aromatic ring is 1. The van der Waals surface area contributed by atoms with Crippen LogP contribution >= 0.6 is 0 Å². The molecule has 0 bridgehead atoms. The first kappa shape index (κ1) is 16.4. The van der Waals surface area contributed by atoms with Crippen LogP contribution in [0.1, 0.15) is 5.56 Å². The van der Waals surface area contributed by atoms with Crippen LogP contribution in [0.4, 0.5) is 5.69 Å². The number of sulfone groups is 1. The lowest BCUT2D eigenvalue weighted by Crippen LogP contribution is -2.31. The molecule has 3 N–H and O–H groups in total. The zero-order valence-electron chi connectivity index (χ0n) is 11.2. The highest BCUT2D eigenvalue weighted by Gasteiger charge is 2.20. The normalized spacial score (nSPS) is 12.1. The maximum atomic E-state index is 12.0. The molecular weight excluding hydrogens is 302 g/mol. The molecule has 7 nitrogen and oxygen atoms in total. The zero-order valence-corrected chi connectivity index (χ0v) is 12.8. The third kappa shape index (κ3) is 4.49. The third-order valence-electron chi connectivity index (χ3n) is 2.67. The Balaban J connectivity index is 2.93. The highest BCUT2D eigenvalue weighted by molar-refractivity contribution is 7.95. The molecule has 112 valence electrons. The van der Waals surface area contributed by atoms with Gasteiger partial charge < -0.3 is 5.73 Å². The fourth-order valence-corrected chi connectivity index (χ4v) is 4.18. The van der Waals surface area contributed by atoms with Gasteiger partial charge in [0, 0.05) is 18.9 Å². The number of sulfonamides is 1. The molecule has 9 heteroatoms. The molecule has 0 aliphatic rings. The van der Waals surface area contributed by atoms with Gasteiger partial charge in [-0.15, -0.1) is 0 Å². The van der Waals surface area contributed by atoms with Crippen molar-refractivity contribution in [3.8, 4) is 0 Å². The molecule has 0 atom stereocenters. The van der Waals surface area contributed by atoms with Gasteiger partial charge >= 0.3 is 0 Å². The highest BCUT2D eigenvalue weighted by atomic mass is 32.2. The van der Waals surface area contributed by atoms with Crippen LogP contribution < -0.4 is 10.0 Å². The first-order chi connectivity index (χ1) is 9.03. The number of hydrogen-bond donors (Lipinski definition) is 2. The summed E-state index contributed by atoms with van der Waals surface area (Å²) in [5.74, 6) is -1.01. The van der Waals surface area contributed by atoms with Crippen LogP contribution in [0.15, 0.2) is 24.3 Å². The van der Waals surface area contributed by atoms with Crippen molar-refractivity contribution < 1.29 is 16.8 Å². The molecule has 0 saturated carbocycles. The smallest absolute Gasteiger partial charge is 0.235 e. The second-order valence-electron chi connectivity index (χ2n) is 4.37. The molecule has 0 fully saturated rings. The van der Waals surface area contributed by atoms with E-state index in [0.29, 0.717) is 11.3 Å². The van der Waals surface area contributed by atoms with Crippen LogP contribution in [-0.4, -0.2) is 47.5 Å². The SMILES string of the molecule is CN(c1ccc(C(=N)N)cc1)S(=O)(=O)CCS(C)(=O)=O. The molecule has 0 aromatic heterocycles. The number of anilines is 1. The Hall–Kier alpha value is -1.61. The molecule has 20 heavy (non-hydrogen) atoms. The topological polar surface area (TPSA) is 121 Å². The van der Waals surface area contributed by atoms with E-state index in [2.05, 4.69) is 0 Å². The molecular formula is C11H17N3O4S2. The van der Waals surface area contributed by atoms with Crippen LogP contribution in [0.3, 0.4) is 0 Å². The molecule has 0 heterocycles. The Morgan fingerprint density at radius 3 is 2.05 bits per heavy atom. The summed E-state index contributed by atoms with van der Waals surface area (Å²) in [5, 5.41) is 7.25. The Morgan fingerprint density at radius 1 is 1.15 bits per heavy atom. The van der Waals surface area contributed by atoms with Gasteiger partial charge in [-0.3, -0.25) is 9.71 Å².